The van der Waals surface area contributed by atoms with E-state index in [1.54, 1.807) is 0 Å². The summed E-state index contributed by atoms with van der Waals surface area (Å²) in [4.78, 5) is 7.03. The van der Waals surface area contributed by atoms with Gasteiger partial charge in [0, 0.05) is 49.0 Å². The molecule has 1 aliphatic heterocycles. The number of aryl methyl sites for hydroxylation is 1. The highest BCUT2D eigenvalue weighted by atomic mass is 16.5. The molecule has 0 bridgehead atoms. The number of pyridine rings is 1. The summed E-state index contributed by atoms with van der Waals surface area (Å²) in [5.41, 5.74) is 10.6. The Labute approximate surface area is 172 Å². The number of hydrogen-bond acceptors (Lipinski definition) is 5. The van der Waals surface area contributed by atoms with Gasteiger partial charge in [0.15, 0.2) is 0 Å². The van der Waals surface area contributed by atoms with Gasteiger partial charge in [0.25, 0.3) is 0 Å². The van der Waals surface area contributed by atoms with Gasteiger partial charge < -0.3 is 10.5 Å². The summed E-state index contributed by atoms with van der Waals surface area (Å²) >= 11 is 0. The molecule has 3 saturated carbocycles. The summed E-state index contributed by atoms with van der Waals surface area (Å²) in [6, 6.07) is 5.24. The van der Waals surface area contributed by atoms with Gasteiger partial charge in [-0.05, 0) is 68.1 Å². The highest BCUT2D eigenvalue weighted by Gasteiger charge is 2.58. The number of morpholine rings is 1. The van der Waals surface area contributed by atoms with E-state index in [1.807, 2.05) is 13.1 Å². The normalized spacial score (nSPS) is 31.8. The molecular weight excluding hydrogens is 362 g/mol. The van der Waals surface area contributed by atoms with Crippen molar-refractivity contribution in [3.63, 3.8) is 0 Å². The van der Waals surface area contributed by atoms with E-state index in [4.69, 9.17) is 15.6 Å². The maximum atomic E-state index is 5.92. The van der Waals surface area contributed by atoms with Crippen molar-refractivity contribution in [1.82, 2.24) is 19.7 Å². The van der Waals surface area contributed by atoms with Crippen LogP contribution in [0.25, 0.3) is 11.3 Å². The third-order valence-corrected chi connectivity index (χ3v) is 7.68. The first kappa shape index (κ1) is 17.9. The van der Waals surface area contributed by atoms with E-state index < -0.39 is 0 Å². The Kier molecular flexibility index (Phi) is 4.20. The molecule has 1 saturated heterocycles. The molecule has 29 heavy (non-hydrogen) atoms. The van der Waals surface area contributed by atoms with Gasteiger partial charge in [-0.1, -0.05) is 0 Å². The van der Waals surface area contributed by atoms with Crippen LogP contribution < -0.4 is 5.73 Å². The number of hydrogen-bond donors (Lipinski definition) is 1. The lowest BCUT2D eigenvalue weighted by molar-refractivity contribution is 0.0151. The molecule has 2 aromatic heterocycles. The average Bonchev–Trinajstić information content (AvgIpc) is 3.58. The number of rotatable bonds is 5. The second-order valence-corrected chi connectivity index (χ2v) is 9.63. The number of nitrogens with zero attached hydrogens (tertiary/aromatic N) is 4. The van der Waals surface area contributed by atoms with Crippen molar-refractivity contribution < 1.29 is 4.74 Å². The quantitative estimate of drug-likeness (QED) is 0.845. The fourth-order valence-corrected chi connectivity index (χ4v) is 5.75. The minimum absolute atomic E-state index is 0.609. The number of aromatic nitrogens is 3. The number of fused-ring (bicyclic) bond motifs is 1. The second-order valence-electron chi connectivity index (χ2n) is 9.63. The van der Waals surface area contributed by atoms with Crippen LogP contribution in [0, 0.1) is 24.7 Å². The molecule has 0 spiro atoms. The average molecular weight is 394 g/mol. The lowest BCUT2D eigenvalue weighted by atomic mass is 10.0. The summed E-state index contributed by atoms with van der Waals surface area (Å²) < 4.78 is 7.88. The van der Waals surface area contributed by atoms with Crippen LogP contribution in [-0.2, 0) is 11.3 Å². The van der Waals surface area contributed by atoms with Crippen molar-refractivity contribution in [2.24, 2.45) is 17.8 Å². The molecule has 0 aromatic carbocycles. The Morgan fingerprint density at radius 1 is 1.14 bits per heavy atom. The van der Waals surface area contributed by atoms with Gasteiger partial charge in [0.2, 0.25) is 0 Å². The second kappa shape index (κ2) is 6.81. The van der Waals surface area contributed by atoms with E-state index in [0.717, 1.165) is 73.5 Å². The Morgan fingerprint density at radius 2 is 1.90 bits per heavy atom. The smallest absolute Gasteiger partial charge is 0.126 e. The zero-order chi connectivity index (χ0) is 19.5. The van der Waals surface area contributed by atoms with Crippen LogP contribution in [0.4, 0.5) is 5.82 Å². The zero-order valence-electron chi connectivity index (χ0n) is 17.3. The first-order valence-corrected chi connectivity index (χ1v) is 11.3. The molecule has 6 nitrogen and oxygen atoms in total. The first-order valence-electron chi connectivity index (χ1n) is 11.3. The Morgan fingerprint density at radius 3 is 2.59 bits per heavy atom. The Balaban J connectivity index is 1.23. The van der Waals surface area contributed by atoms with Crippen molar-refractivity contribution in [2.75, 3.05) is 32.0 Å². The largest absolute Gasteiger partial charge is 0.383 e. The molecule has 154 valence electrons. The maximum Gasteiger partial charge on any atom is 0.126 e. The van der Waals surface area contributed by atoms with Gasteiger partial charge >= 0.3 is 0 Å². The van der Waals surface area contributed by atoms with Crippen LogP contribution in [0.3, 0.4) is 0 Å². The van der Waals surface area contributed by atoms with E-state index in [-0.39, 0.29) is 0 Å². The summed E-state index contributed by atoms with van der Waals surface area (Å²) in [5, 5.41) is 5.04. The minimum Gasteiger partial charge on any atom is -0.383 e. The summed E-state index contributed by atoms with van der Waals surface area (Å²) in [6.45, 7) is 7.14. The molecule has 0 amide bonds. The van der Waals surface area contributed by atoms with Crippen molar-refractivity contribution in [3.8, 4) is 11.3 Å². The lowest BCUT2D eigenvalue weighted by Crippen LogP contribution is -2.43. The van der Waals surface area contributed by atoms with Crippen LogP contribution in [0.15, 0.2) is 18.3 Å². The molecule has 6 heteroatoms. The van der Waals surface area contributed by atoms with Crippen molar-refractivity contribution >= 4 is 5.82 Å². The van der Waals surface area contributed by atoms with Gasteiger partial charge in [-0.2, -0.15) is 5.10 Å². The van der Waals surface area contributed by atoms with Gasteiger partial charge in [-0.15, -0.1) is 0 Å². The number of nitrogens with two attached hydrogens (primary N) is 1. The lowest BCUT2D eigenvalue weighted by Gasteiger charge is -2.33. The highest BCUT2D eigenvalue weighted by molar-refractivity contribution is 5.62. The Hall–Kier alpha value is -1.92. The number of anilines is 1. The summed E-state index contributed by atoms with van der Waals surface area (Å²) in [5.74, 6) is 3.83. The van der Waals surface area contributed by atoms with E-state index in [0.29, 0.717) is 11.7 Å². The predicted molar refractivity (Wildman–Crippen MR) is 112 cm³/mol. The first-order chi connectivity index (χ1) is 14.2. The molecule has 6 rings (SSSR count). The topological polar surface area (TPSA) is 69.2 Å². The minimum atomic E-state index is 0.609. The molecule has 2 N–H and O–H groups in total. The van der Waals surface area contributed by atoms with Gasteiger partial charge in [-0.25, -0.2) is 4.98 Å². The molecule has 3 aliphatic carbocycles. The van der Waals surface area contributed by atoms with Crippen molar-refractivity contribution in [1.29, 1.82) is 0 Å². The standard InChI is InChI=1S/C23H31N5O/c1-14-8-16(12-25-23(14)24)20-11-21(28(26-20)13-15-2-3-15)22-18-9-17(10-19(18)22)27-4-6-29-7-5-27/h8,11-12,15,17-19,22H,2-7,9-10,13H2,1H3,(H2,24,25)/t17-,18+,19-,22-. The van der Waals surface area contributed by atoms with Crippen LogP contribution in [0.1, 0.15) is 42.9 Å². The van der Waals surface area contributed by atoms with Gasteiger partial charge in [0.05, 0.1) is 18.9 Å². The van der Waals surface area contributed by atoms with Crippen molar-refractivity contribution in [3.05, 3.63) is 29.6 Å². The predicted octanol–water partition coefficient (Wildman–Crippen LogP) is 3.07. The van der Waals surface area contributed by atoms with Gasteiger partial charge in [0.1, 0.15) is 5.82 Å². The summed E-state index contributed by atoms with van der Waals surface area (Å²) in [6.07, 6.45) is 7.28. The van der Waals surface area contributed by atoms with Gasteiger partial charge in [-0.3, -0.25) is 9.58 Å². The zero-order valence-corrected chi connectivity index (χ0v) is 17.3. The SMILES string of the molecule is Cc1cc(-c2cc([C@H]3[C@@H]4C[C@H](N5CCOCC5)C[C@@H]43)n(CC3CC3)n2)cnc1N. The fraction of sp³-hybridized carbons (Fsp3) is 0.652. The highest BCUT2D eigenvalue weighted by Crippen LogP contribution is 2.64. The van der Waals surface area contributed by atoms with E-state index >= 15 is 0 Å². The maximum absolute atomic E-state index is 5.92. The number of ether oxygens (including phenoxy) is 1. The molecule has 3 heterocycles. The molecule has 0 unspecified atom stereocenters. The molecular formula is C23H31N5O. The van der Waals surface area contributed by atoms with Crippen molar-refractivity contribution in [2.45, 2.75) is 51.1 Å². The van der Waals surface area contributed by atoms with Crippen LogP contribution in [0.5, 0.6) is 0 Å². The van der Waals surface area contributed by atoms with Crippen LogP contribution in [-0.4, -0.2) is 52.0 Å². The molecule has 4 fully saturated rings. The molecule has 4 aliphatic rings. The third kappa shape index (κ3) is 3.26. The summed E-state index contributed by atoms with van der Waals surface area (Å²) in [7, 11) is 0. The molecule has 2 aromatic rings. The van der Waals surface area contributed by atoms with E-state index in [9.17, 15) is 0 Å². The molecule has 0 radical (unpaired) electrons. The van der Waals surface area contributed by atoms with E-state index in [2.05, 4.69) is 26.7 Å². The third-order valence-electron chi connectivity index (χ3n) is 7.68. The van der Waals surface area contributed by atoms with Crippen LogP contribution >= 0.6 is 0 Å². The monoisotopic (exact) mass is 393 g/mol. The van der Waals surface area contributed by atoms with E-state index in [1.165, 1.54) is 31.4 Å². The Bertz CT molecular complexity index is 902. The number of nitrogen functional groups attached to an aromatic ring is 1. The molecule has 4 atom stereocenters. The fourth-order valence-electron chi connectivity index (χ4n) is 5.75. The van der Waals surface area contributed by atoms with Crippen LogP contribution in [0.2, 0.25) is 0 Å².